The maximum atomic E-state index is 12.3. The molecular formula is C21H26N2O2S. The number of carbonyl (C=O) groups excluding carboxylic acids is 1. The van der Waals surface area contributed by atoms with Gasteiger partial charge in [0.1, 0.15) is 5.75 Å². The van der Waals surface area contributed by atoms with Crippen LogP contribution < -0.4 is 15.4 Å². The molecular weight excluding hydrogens is 344 g/mol. The average molecular weight is 371 g/mol. The molecule has 0 unspecified atom stereocenters. The SMILES string of the molecule is CCCCCCOc1cccc(NC(=S)NC(=O)c2ccccc2C)c1. The number of anilines is 1. The van der Waals surface area contributed by atoms with E-state index < -0.39 is 0 Å². The molecule has 1 amide bonds. The predicted molar refractivity (Wildman–Crippen MR) is 111 cm³/mol. The van der Waals surface area contributed by atoms with Crippen molar-refractivity contribution in [1.29, 1.82) is 0 Å². The summed E-state index contributed by atoms with van der Waals surface area (Å²) in [4.78, 5) is 12.3. The van der Waals surface area contributed by atoms with Crippen LogP contribution >= 0.6 is 12.2 Å². The van der Waals surface area contributed by atoms with Gasteiger partial charge in [-0.15, -0.1) is 0 Å². The Morgan fingerprint density at radius 3 is 2.65 bits per heavy atom. The number of carbonyl (C=O) groups is 1. The van der Waals surface area contributed by atoms with Gasteiger partial charge in [0, 0.05) is 17.3 Å². The first-order chi connectivity index (χ1) is 12.6. The Bertz CT molecular complexity index is 746. The third-order valence-electron chi connectivity index (χ3n) is 3.98. The number of hydrogen-bond donors (Lipinski definition) is 2. The van der Waals surface area contributed by atoms with E-state index in [1.54, 1.807) is 6.07 Å². The zero-order valence-corrected chi connectivity index (χ0v) is 16.2. The number of benzene rings is 2. The molecule has 26 heavy (non-hydrogen) atoms. The van der Waals surface area contributed by atoms with Gasteiger partial charge in [0.15, 0.2) is 5.11 Å². The number of hydrogen-bond acceptors (Lipinski definition) is 3. The molecule has 2 rings (SSSR count). The van der Waals surface area contributed by atoms with Gasteiger partial charge >= 0.3 is 0 Å². The minimum Gasteiger partial charge on any atom is -0.494 e. The van der Waals surface area contributed by atoms with Crippen LogP contribution in [-0.2, 0) is 0 Å². The van der Waals surface area contributed by atoms with Crippen LogP contribution in [0.15, 0.2) is 48.5 Å². The van der Waals surface area contributed by atoms with Crippen LogP contribution in [0.25, 0.3) is 0 Å². The van der Waals surface area contributed by atoms with Gasteiger partial charge in [0.25, 0.3) is 5.91 Å². The molecule has 0 radical (unpaired) electrons. The van der Waals surface area contributed by atoms with Crippen LogP contribution in [0.4, 0.5) is 5.69 Å². The van der Waals surface area contributed by atoms with Crippen molar-refractivity contribution in [1.82, 2.24) is 5.32 Å². The lowest BCUT2D eigenvalue weighted by molar-refractivity contribution is 0.0977. The third-order valence-corrected chi connectivity index (χ3v) is 4.18. The van der Waals surface area contributed by atoms with E-state index in [2.05, 4.69) is 17.6 Å². The topological polar surface area (TPSA) is 50.4 Å². The highest BCUT2D eigenvalue weighted by Gasteiger charge is 2.10. The Balaban J connectivity index is 1.86. The van der Waals surface area contributed by atoms with Crippen molar-refractivity contribution in [3.05, 3.63) is 59.7 Å². The quantitative estimate of drug-likeness (QED) is 0.502. The Morgan fingerprint density at radius 1 is 1.08 bits per heavy atom. The number of rotatable bonds is 8. The van der Waals surface area contributed by atoms with Crippen molar-refractivity contribution in [3.8, 4) is 5.75 Å². The normalized spacial score (nSPS) is 10.2. The van der Waals surface area contributed by atoms with Gasteiger partial charge in [0.05, 0.1) is 6.61 Å². The minimum atomic E-state index is -0.219. The van der Waals surface area contributed by atoms with E-state index in [1.165, 1.54) is 19.3 Å². The fourth-order valence-corrected chi connectivity index (χ4v) is 2.75. The number of ether oxygens (including phenoxy) is 1. The molecule has 0 bridgehead atoms. The van der Waals surface area contributed by atoms with Gasteiger partial charge in [-0.3, -0.25) is 10.1 Å². The third kappa shape index (κ3) is 6.48. The van der Waals surface area contributed by atoms with Crippen molar-refractivity contribution in [2.75, 3.05) is 11.9 Å². The molecule has 0 aliphatic heterocycles. The number of aryl methyl sites for hydroxylation is 1. The largest absolute Gasteiger partial charge is 0.494 e. The van der Waals surface area contributed by atoms with Crippen LogP contribution in [0.5, 0.6) is 5.75 Å². The molecule has 138 valence electrons. The van der Waals surface area contributed by atoms with Gasteiger partial charge < -0.3 is 10.1 Å². The molecule has 0 heterocycles. The van der Waals surface area contributed by atoms with E-state index in [1.807, 2.05) is 49.4 Å². The summed E-state index contributed by atoms with van der Waals surface area (Å²) >= 11 is 5.25. The predicted octanol–water partition coefficient (Wildman–Crippen LogP) is 5.08. The zero-order chi connectivity index (χ0) is 18.8. The smallest absolute Gasteiger partial charge is 0.257 e. The molecule has 0 atom stereocenters. The molecule has 0 aliphatic rings. The Hall–Kier alpha value is -2.40. The van der Waals surface area contributed by atoms with Crippen molar-refractivity contribution in [3.63, 3.8) is 0 Å². The first kappa shape index (κ1) is 19.9. The molecule has 0 spiro atoms. The van der Waals surface area contributed by atoms with Gasteiger partial charge in [-0.2, -0.15) is 0 Å². The molecule has 2 N–H and O–H groups in total. The zero-order valence-electron chi connectivity index (χ0n) is 15.4. The number of unbranched alkanes of at least 4 members (excludes halogenated alkanes) is 3. The lowest BCUT2D eigenvalue weighted by Crippen LogP contribution is -2.34. The summed E-state index contributed by atoms with van der Waals surface area (Å²) in [5.74, 6) is 0.573. The van der Waals surface area contributed by atoms with Gasteiger partial charge in [-0.1, -0.05) is 50.5 Å². The summed E-state index contributed by atoms with van der Waals surface area (Å²) in [7, 11) is 0. The lowest BCUT2D eigenvalue weighted by Gasteiger charge is -2.12. The molecule has 0 saturated carbocycles. The fourth-order valence-electron chi connectivity index (χ4n) is 2.54. The van der Waals surface area contributed by atoms with E-state index in [-0.39, 0.29) is 11.0 Å². The standard InChI is InChI=1S/C21H26N2O2S/c1-3-4-5-8-14-25-18-12-9-11-17(15-18)22-21(26)23-20(24)19-13-7-6-10-16(19)2/h6-7,9-13,15H,3-5,8,14H2,1-2H3,(H2,22,23,24,26). The molecule has 5 heteroatoms. The second kappa shape index (κ2) is 10.6. The molecule has 0 saturated heterocycles. The molecule has 4 nitrogen and oxygen atoms in total. The highest BCUT2D eigenvalue weighted by Crippen LogP contribution is 2.18. The van der Waals surface area contributed by atoms with Crippen LogP contribution in [0.2, 0.25) is 0 Å². The summed E-state index contributed by atoms with van der Waals surface area (Å²) in [6.45, 7) is 4.79. The van der Waals surface area contributed by atoms with Crippen LogP contribution in [0.1, 0.15) is 48.5 Å². The molecule has 0 aliphatic carbocycles. The highest BCUT2D eigenvalue weighted by atomic mass is 32.1. The number of nitrogens with one attached hydrogen (secondary N) is 2. The van der Waals surface area contributed by atoms with Crippen molar-refractivity contribution in [2.24, 2.45) is 0 Å². The maximum Gasteiger partial charge on any atom is 0.257 e. The van der Waals surface area contributed by atoms with E-state index >= 15 is 0 Å². The van der Waals surface area contributed by atoms with Gasteiger partial charge in [0.2, 0.25) is 0 Å². The van der Waals surface area contributed by atoms with E-state index in [0.717, 1.165) is 23.4 Å². The maximum absolute atomic E-state index is 12.3. The summed E-state index contributed by atoms with van der Waals surface area (Å²) in [6, 6.07) is 15.0. The van der Waals surface area contributed by atoms with Crippen molar-refractivity contribution in [2.45, 2.75) is 39.5 Å². The fraction of sp³-hybridized carbons (Fsp3) is 0.333. The van der Waals surface area contributed by atoms with E-state index in [4.69, 9.17) is 17.0 Å². The Labute approximate surface area is 161 Å². The van der Waals surface area contributed by atoms with Crippen molar-refractivity contribution >= 4 is 28.9 Å². The van der Waals surface area contributed by atoms with E-state index in [0.29, 0.717) is 12.2 Å². The van der Waals surface area contributed by atoms with Crippen LogP contribution in [-0.4, -0.2) is 17.6 Å². The number of thiocarbonyl (C=S) groups is 1. The van der Waals surface area contributed by atoms with Crippen LogP contribution in [0.3, 0.4) is 0 Å². The Kier molecular flexibility index (Phi) is 8.09. The number of amides is 1. The summed E-state index contributed by atoms with van der Waals surface area (Å²) in [6.07, 6.45) is 4.69. The second-order valence-electron chi connectivity index (χ2n) is 6.16. The Morgan fingerprint density at radius 2 is 1.88 bits per heavy atom. The van der Waals surface area contributed by atoms with Crippen LogP contribution in [0, 0.1) is 6.92 Å². The summed E-state index contributed by atoms with van der Waals surface area (Å²) in [5.41, 5.74) is 2.30. The highest BCUT2D eigenvalue weighted by molar-refractivity contribution is 7.80. The molecule has 2 aromatic rings. The minimum absolute atomic E-state index is 0.219. The summed E-state index contributed by atoms with van der Waals surface area (Å²) in [5, 5.41) is 6.01. The monoisotopic (exact) mass is 370 g/mol. The second-order valence-corrected chi connectivity index (χ2v) is 6.57. The average Bonchev–Trinajstić information content (AvgIpc) is 2.62. The lowest BCUT2D eigenvalue weighted by atomic mass is 10.1. The molecule has 2 aromatic carbocycles. The molecule has 0 aromatic heterocycles. The first-order valence-electron chi connectivity index (χ1n) is 9.01. The summed E-state index contributed by atoms with van der Waals surface area (Å²) < 4.78 is 5.77. The molecule has 0 fully saturated rings. The first-order valence-corrected chi connectivity index (χ1v) is 9.42. The van der Waals surface area contributed by atoms with Gasteiger partial charge in [-0.05, 0) is 49.3 Å². The van der Waals surface area contributed by atoms with E-state index in [9.17, 15) is 4.79 Å². The van der Waals surface area contributed by atoms with Gasteiger partial charge in [-0.25, -0.2) is 0 Å². The van der Waals surface area contributed by atoms with Crippen molar-refractivity contribution < 1.29 is 9.53 Å².